The van der Waals surface area contributed by atoms with E-state index in [0.29, 0.717) is 32.2 Å². The molecule has 1 aliphatic rings. The van der Waals surface area contributed by atoms with Crippen molar-refractivity contribution < 1.29 is 27.5 Å². The number of anilines is 1. The lowest BCUT2D eigenvalue weighted by Crippen LogP contribution is -2.44. The van der Waals surface area contributed by atoms with Gasteiger partial charge < -0.3 is 9.64 Å². The first-order valence-electron chi connectivity index (χ1n) is 9.29. The van der Waals surface area contributed by atoms with Crippen molar-refractivity contribution in [3.05, 3.63) is 29.3 Å². The number of alkyl halides is 3. The number of amides is 1. The number of methoxy groups -OCH3 is 1. The molecule has 0 unspecified atom stereocenters. The van der Waals surface area contributed by atoms with Gasteiger partial charge in [-0.2, -0.15) is 18.4 Å². The van der Waals surface area contributed by atoms with Crippen LogP contribution in [0, 0.1) is 11.3 Å². The highest BCUT2D eigenvalue weighted by atomic mass is 32.1. The second kappa shape index (κ2) is 9.00. The van der Waals surface area contributed by atoms with Crippen molar-refractivity contribution in [1.82, 2.24) is 4.90 Å². The van der Waals surface area contributed by atoms with Gasteiger partial charge in [0.1, 0.15) is 5.54 Å². The van der Waals surface area contributed by atoms with Gasteiger partial charge >= 0.3 is 12.1 Å². The van der Waals surface area contributed by atoms with E-state index in [0.717, 1.165) is 17.0 Å². The molecule has 1 aliphatic heterocycles. The monoisotopic (exact) mass is 441 g/mol. The number of unbranched alkanes of at least 4 members (excludes halogenated alkanes) is 2. The molecule has 1 fully saturated rings. The number of hydrogen-bond acceptors (Lipinski definition) is 5. The van der Waals surface area contributed by atoms with Crippen molar-refractivity contribution in [3.8, 4) is 6.07 Å². The molecular formula is C20H22F3N3O3S. The van der Waals surface area contributed by atoms with Gasteiger partial charge in [0.25, 0.3) is 5.91 Å². The van der Waals surface area contributed by atoms with Crippen LogP contribution in [0.4, 0.5) is 18.9 Å². The van der Waals surface area contributed by atoms with Crippen molar-refractivity contribution >= 4 is 34.9 Å². The van der Waals surface area contributed by atoms with Crippen LogP contribution in [0.1, 0.15) is 50.7 Å². The van der Waals surface area contributed by atoms with Crippen molar-refractivity contribution in [1.29, 1.82) is 5.26 Å². The maximum absolute atomic E-state index is 13.3. The Bertz CT molecular complexity index is 894. The molecule has 30 heavy (non-hydrogen) atoms. The molecular weight excluding hydrogens is 419 g/mol. The lowest BCUT2D eigenvalue weighted by molar-refractivity contribution is -0.140. The number of carbonyl (C=O) groups excluding carboxylic acids is 2. The summed E-state index contributed by atoms with van der Waals surface area (Å²) < 4.78 is 44.5. The van der Waals surface area contributed by atoms with E-state index in [-0.39, 0.29) is 16.8 Å². The number of carbonyl (C=O) groups is 2. The first-order valence-corrected chi connectivity index (χ1v) is 9.70. The molecule has 0 radical (unpaired) electrons. The van der Waals surface area contributed by atoms with E-state index in [9.17, 15) is 22.8 Å². The summed E-state index contributed by atoms with van der Waals surface area (Å²) in [7, 11) is 1.32. The van der Waals surface area contributed by atoms with Gasteiger partial charge in [0.05, 0.1) is 30.0 Å². The van der Waals surface area contributed by atoms with E-state index < -0.39 is 28.7 Å². The van der Waals surface area contributed by atoms with Crippen LogP contribution in [0.3, 0.4) is 0 Å². The van der Waals surface area contributed by atoms with Crippen LogP contribution < -0.4 is 4.90 Å². The third kappa shape index (κ3) is 4.73. The number of thiocarbonyl (C=S) groups is 1. The Morgan fingerprint density at radius 3 is 2.50 bits per heavy atom. The topological polar surface area (TPSA) is 73.6 Å². The summed E-state index contributed by atoms with van der Waals surface area (Å²) >= 11 is 5.42. The predicted molar refractivity (Wildman–Crippen MR) is 108 cm³/mol. The minimum absolute atomic E-state index is 0.0300. The molecule has 162 valence electrons. The number of benzene rings is 1. The third-order valence-electron chi connectivity index (χ3n) is 5.00. The Labute approximate surface area is 178 Å². The van der Waals surface area contributed by atoms with E-state index >= 15 is 0 Å². The number of esters is 1. The lowest BCUT2D eigenvalue weighted by atomic mass is 10.0. The number of rotatable bonds is 7. The summed E-state index contributed by atoms with van der Waals surface area (Å²) in [5.41, 5.74) is -2.70. The van der Waals surface area contributed by atoms with Gasteiger partial charge in [-0.25, -0.2) is 0 Å². The molecule has 0 aromatic heterocycles. The van der Waals surface area contributed by atoms with Crippen LogP contribution in [0.15, 0.2) is 18.2 Å². The Morgan fingerprint density at radius 1 is 1.27 bits per heavy atom. The molecule has 1 saturated heterocycles. The van der Waals surface area contributed by atoms with E-state index in [1.807, 2.05) is 0 Å². The van der Waals surface area contributed by atoms with Gasteiger partial charge in [0.2, 0.25) is 0 Å². The molecule has 2 rings (SSSR count). The largest absolute Gasteiger partial charge is 0.469 e. The highest BCUT2D eigenvalue weighted by molar-refractivity contribution is 7.80. The van der Waals surface area contributed by atoms with Gasteiger partial charge in [-0.3, -0.25) is 14.5 Å². The smallest absolute Gasteiger partial charge is 0.417 e. The molecule has 0 atom stereocenters. The summed E-state index contributed by atoms with van der Waals surface area (Å²) in [5, 5.41) is 9.07. The van der Waals surface area contributed by atoms with Crippen LogP contribution in [-0.4, -0.2) is 41.1 Å². The minimum atomic E-state index is -4.74. The van der Waals surface area contributed by atoms with Crippen molar-refractivity contribution in [2.45, 2.75) is 51.2 Å². The van der Waals surface area contributed by atoms with Crippen LogP contribution in [0.2, 0.25) is 0 Å². The molecule has 10 heteroatoms. The molecule has 0 spiro atoms. The maximum Gasteiger partial charge on any atom is 0.417 e. The fourth-order valence-corrected chi connectivity index (χ4v) is 3.77. The normalized spacial score (nSPS) is 16.0. The quantitative estimate of drug-likeness (QED) is 0.362. The number of nitriles is 1. The summed E-state index contributed by atoms with van der Waals surface area (Å²) in [5.74, 6) is -0.741. The average Bonchev–Trinajstić information content (AvgIpc) is 2.85. The predicted octanol–water partition coefficient (Wildman–Crippen LogP) is 4.02. The number of hydrogen-bond donors (Lipinski definition) is 0. The number of nitrogens with zero attached hydrogens (tertiary/aromatic N) is 3. The Hall–Kier alpha value is -2.67. The summed E-state index contributed by atoms with van der Waals surface area (Å²) in [6.07, 6.45) is -2.48. The molecule has 0 saturated carbocycles. The SMILES string of the molecule is COC(=O)CCCCCN1C(=S)N(c2ccc(C#N)c(C(F)(F)F)c2)C(=O)C1(C)C. The molecule has 6 nitrogen and oxygen atoms in total. The standard InChI is InChI=1S/C20H22F3N3O3S/c1-19(2)17(28)26(14-9-8-13(12-24)15(11-14)20(21,22)23)18(30)25(19)10-6-4-5-7-16(27)29-3/h8-9,11H,4-7,10H2,1-3H3. The van der Waals surface area contributed by atoms with E-state index in [1.165, 1.54) is 19.2 Å². The first kappa shape index (κ1) is 23.6. The Balaban J connectivity index is 2.21. The van der Waals surface area contributed by atoms with Crippen molar-refractivity contribution in [2.75, 3.05) is 18.6 Å². The number of halogens is 3. The summed E-state index contributed by atoms with van der Waals surface area (Å²) in [6, 6.07) is 4.62. The molecule has 1 heterocycles. The van der Waals surface area contributed by atoms with Crippen LogP contribution in [0.5, 0.6) is 0 Å². The van der Waals surface area contributed by atoms with E-state index in [2.05, 4.69) is 4.74 Å². The summed E-state index contributed by atoms with van der Waals surface area (Å²) in [6.45, 7) is 3.73. The molecule has 0 N–H and O–H groups in total. The van der Waals surface area contributed by atoms with E-state index in [4.69, 9.17) is 17.5 Å². The maximum atomic E-state index is 13.3. The fourth-order valence-electron chi connectivity index (χ4n) is 3.26. The van der Waals surface area contributed by atoms with Gasteiger partial charge in [-0.15, -0.1) is 0 Å². The second-order valence-electron chi connectivity index (χ2n) is 7.36. The van der Waals surface area contributed by atoms with Crippen LogP contribution in [0.25, 0.3) is 0 Å². The average molecular weight is 441 g/mol. The third-order valence-corrected chi connectivity index (χ3v) is 5.40. The Morgan fingerprint density at radius 2 is 1.93 bits per heavy atom. The molecule has 0 aliphatic carbocycles. The number of ether oxygens (including phenoxy) is 1. The zero-order valence-electron chi connectivity index (χ0n) is 16.9. The van der Waals surface area contributed by atoms with Crippen molar-refractivity contribution in [3.63, 3.8) is 0 Å². The molecule has 0 bridgehead atoms. The molecule has 1 aromatic rings. The van der Waals surface area contributed by atoms with Gasteiger partial charge in [-0.05, 0) is 57.1 Å². The first-order chi connectivity index (χ1) is 13.9. The lowest BCUT2D eigenvalue weighted by Gasteiger charge is -2.29. The van der Waals surface area contributed by atoms with Crippen molar-refractivity contribution in [2.24, 2.45) is 0 Å². The Kier molecular flexibility index (Phi) is 7.08. The fraction of sp³-hybridized carbons (Fsp3) is 0.500. The zero-order chi connectivity index (χ0) is 22.7. The summed E-state index contributed by atoms with van der Waals surface area (Å²) in [4.78, 5) is 26.9. The zero-order valence-corrected chi connectivity index (χ0v) is 17.7. The van der Waals surface area contributed by atoms with Crippen LogP contribution in [-0.2, 0) is 20.5 Å². The van der Waals surface area contributed by atoms with Gasteiger partial charge in [0.15, 0.2) is 5.11 Å². The molecule has 1 aromatic carbocycles. The molecule has 1 amide bonds. The minimum Gasteiger partial charge on any atom is -0.469 e. The highest BCUT2D eigenvalue weighted by Crippen LogP contribution is 2.37. The highest BCUT2D eigenvalue weighted by Gasteiger charge is 2.49. The second-order valence-corrected chi connectivity index (χ2v) is 7.73. The van der Waals surface area contributed by atoms with Gasteiger partial charge in [-0.1, -0.05) is 6.42 Å². The van der Waals surface area contributed by atoms with Gasteiger partial charge in [0, 0.05) is 13.0 Å². The van der Waals surface area contributed by atoms with E-state index in [1.54, 1.807) is 18.7 Å². The van der Waals surface area contributed by atoms with Crippen LogP contribution >= 0.6 is 12.2 Å².